The van der Waals surface area contributed by atoms with E-state index < -0.39 is 65.6 Å². The molecular formula is C24H31F3N2O8. The molecule has 2 amide bonds. The lowest BCUT2D eigenvalue weighted by atomic mass is 9.92. The fourth-order valence-corrected chi connectivity index (χ4v) is 3.77. The highest BCUT2D eigenvalue weighted by atomic mass is 19.4. The Morgan fingerprint density at radius 3 is 2.24 bits per heavy atom. The SMILES string of the molecule is CCOC(=O)CN1C[C@@H](NC(=O)OC(C)(C)C)C[C@@H](OC(=O)[C@@](OC)(c2ccccc2)C(F)(F)F)C1=O. The van der Waals surface area contributed by atoms with Crippen LogP contribution in [0.25, 0.3) is 0 Å². The Bertz CT molecular complexity index is 980. The van der Waals surface area contributed by atoms with E-state index in [4.69, 9.17) is 18.9 Å². The van der Waals surface area contributed by atoms with Crippen molar-refractivity contribution in [1.29, 1.82) is 0 Å². The van der Waals surface area contributed by atoms with Crippen LogP contribution in [0, 0.1) is 0 Å². The molecule has 13 heteroatoms. The lowest BCUT2D eigenvalue weighted by Gasteiger charge is -2.38. The van der Waals surface area contributed by atoms with Crippen molar-refractivity contribution in [3.63, 3.8) is 0 Å². The van der Waals surface area contributed by atoms with Gasteiger partial charge < -0.3 is 29.2 Å². The van der Waals surface area contributed by atoms with Crippen molar-refractivity contribution in [2.24, 2.45) is 0 Å². The van der Waals surface area contributed by atoms with Crippen LogP contribution >= 0.6 is 0 Å². The van der Waals surface area contributed by atoms with E-state index in [1.54, 1.807) is 27.7 Å². The monoisotopic (exact) mass is 532 g/mol. The summed E-state index contributed by atoms with van der Waals surface area (Å²) in [6.07, 6.45) is -8.25. The van der Waals surface area contributed by atoms with Gasteiger partial charge in [0.2, 0.25) is 0 Å². The number of piperidine rings is 1. The molecule has 0 radical (unpaired) electrons. The van der Waals surface area contributed by atoms with Crippen LogP contribution in [0.1, 0.15) is 39.7 Å². The number of halogens is 3. The number of carbonyl (C=O) groups excluding carboxylic acids is 4. The van der Waals surface area contributed by atoms with Gasteiger partial charge in [0.15, 0.2) is 6.10 Å². The van der Waals surface area contributed by atoms with E-state index in [1.807, 2.05) is 0 Å². The van der Waals surface area contributed by atoms with Crippen LogP contribution in [0.15, 0.2) is 30.3 Å². The first-order valence-corrected chi connectivity index (χ1v) is 11.5. The van der Waals surface area contributed by atoms with Crippen molar-refractivity contribution in [2.75, 3.05) is 26.8 Å². The van der Waals surface area contributed by atoms with Gasteiger partial charge in [0.05, 0.1) is 12.6 Å². The molecule has 2 rings (SSSR count). The van der Waals surface area contributed by atoms with Crippen molar-refractivity contribution in [1.82, 2.24) is 10.2 Å². The minimum absolute atomic E-state index is 0.0257. The molecule has 1 aliphatic rings. The van der Waals surface area contributed by atoms with Crippen molar-refractivity contribution in [2.45, 2.75) is 63.6 Å². The van der Waals surface area contributed by atoms with Gasteiger partial charge in [-0.1, -0.05) is 30.3 Å². The van der Waals surface area contributed by atoms with Gasteiger partial charge in [-0.2, -0.15) is 13.2 Å². The van der Waals surface area contributed by atoms with Crippen LogP contribution in [-0.2, 0) is 38.9 Å². The maximum absolute atomic E-state index is 14.2. The summed E-state index contributed by atoms with van der Waals surface area (Å²) >= 11 is 0. The second-order valence-electron chi connectivity index (χ2n) is 9.25. The summed E-state index contributed by atoms with van der Waals surface area (Å²) in [4.78, 5) is 51.3. The molecule has 0 aliphatic carbocycles. The molecule has 1 aliphatic heterocycles. The molecule has 37 heavy (non-hydrogen) atoms. The standard InChI is InChI=1S/C24H31F3N2O8/c1-6-35-18(30)14-29-13-16(28-21(33)37-22(2,3)4)12-17(19(29)31)36-20(32)23(34-5,24(25,26)27)15-10-8-7-9-11-15/h7-11,16-17H,6,12-14H2,1-5H3,(H,28,33)/t16-,17+,23-/m0/s1. The topological polar surface area (TPSA) is 120 Å². The lowest BCUT2D eigenvalue weighted by molar-refractivity contribution is -0.278. The molecule has 0 spiro atoms. The summed E-state index contributed by atoms with van der Waals surface area (Å²) in [5, 5.41) is 2.50. The number of hydrogen-bond acceptors (Lipinski definition) is 8. The van der Waals surface area contributed by atoms with Gasteiger partial charge in [-0.05, 0) is 27.7 Å². The third-order valence-electron chi connectivity index (χ3n) is 5.30. The molecule has 0 unspecified atom stereocenters. The van der Waals surface area contributed by atoms with Gasteiger partial charge in [-0.15, -0.1) is 0 Å². The van der Waals surface area contributed by atoms with Gasteiger partial charge in [0.1, 0.15) is 12.1 Å². The number of ether oxygens (including phenoxy) is 4. The summed E-state index contributed by atoms with van der Waals surface area (Å²) in [5.41, 5.74) is -4.93. The van der Waals surface area contributed by atoms with E-state index in [2.05, 4.69) is 5.32 Å². The second-order valence-corrected chi connectivity index (χ2v) is 9.25. The number of alkyl carbamates (subject to hydrolysis) is 1. The third kappa shape index (κ3) is 7.34. The van der Waals surface area contributed by atoms with Crippen molar-refractivity contribution in [3.05, 3.63) is 35.9 Å². The van der Waals surface area contributed by atoms with E-state index in [-0.39, 0.29) is 19.6 Å². The van der Waals surface area contributed by atoms with Crippen LogP contribution in [-0.4, -0.2) is 79.6 Å². The lowest BCUT2D eigenvalue weighted by Crippen LogP contribution is -2.60. The zero-order chi connectivity index (χ0) is 28.0. The van der Waals surface area contributed by atoms with E-state index in [1.165, 1.54) is 18.2 Å². The van der Waals surface area contributed by atoms with Crippen molar-refractivity contribution >= 4 is 23.9 Å². The molecule has 206 valence electrons. The molecule has 0 aromatic heterocycles. The van der Waals surface area contributed by atoms with Gasteiger partial charge in [0.25, 0.3) is 11.5 Å². The summed E-state index contributed by atoms with van der Waals surface area (Å²) in [7, 11) is 0.699. The molecule has 0 saturated carbocycles. The Hall–Kier alpha value is -3.35. The number of nitrogens with zero attached hydrogens (tertiary/aromatic N) is 1. The summed E-state index contributed by atoms with van der Waals surface area (Å²) in [6, 6.07) is 5.20. The highest BCUT2D eigenvalue weighted by Crippen LogP contribution is 2.43. The average Bonchev–Trinajstić information content (AvgIpc) is 2.76. The number of methoxy groups -OCH3 is 1. The average molecular weight is 533 g/mol. The van der Waals surface area contributed by atoms with Gasteiger partial charge in [-0.25, -0.2) is 9.59 Å². The number of benzene rings is 1. The third-order valence-corrected chi connectivity index (χ3v) is 5.30. The van der Waals surface area contributed by atoms with Crippen molar-refractivity contribution in [3.8, 4) is 0 Å². The molecule has 1 N–H and O–H groups in total. The smallest absolute Gasteiger partial charge is 0.432 e. The number of esters is 2. The maximum Gasteiger partial charge on any atom is 0.432 e. The fourth-order valence-electron chi connectivity index (χ4n) is 3.77. The van der Waals surface area contributed by atoms with Crippen LogP contribution in [0.4, 0.5) is 18.0 Å². The fraction of sp³-hybridized carbons (Fsp3) is 0.583. The molecule has 0 bridgehead atoms. The predicted molar refractivity (Wildman–Crippen MR) is 122 cm³/mol. The zero-order valence-corrected chi connectivity index (χ0v) is 21.2. The number of amides is 2. The molecule has 1 aromatic rings. The van der Waals surface area contributed by atoms with E-state index >= 15 is 0 Å². The Morgan fingerprint density at radius 1 is 1.11 bits per heavy atom. The van der Waals surface area contributed by atoms with Gasteiger partial charge in [-0.3, -0.25) is 9.59 Å². The number of nitrogens with one attached hydrogen (secondary N) is 1. The molecule has 1 aromatic carbocycles. The largest absolute Gasteiger partial charge is 0.465 e. The van der Waals surface area contributed by atoms with Crippen LogP contribution in [0.5, 0.6) is 0 Å². The van der Waals surface area contributed by atoms with E-state index in [0.717, 1.165) is 17.0 Å². The normalized spacial score (nSPS) is 20.0. The number of carbonyl (C=O) groups is 4. The highest BCUT2D eigenvalue weighted by Gasteiger charge is 2.64. The first-order valence-electron chi connectivity index (χ1n) is 11.5. The number of likely N-dealkylation sites (tertiary alicyclic amines) is 1. The molecular weight excluding hydrogens is 501 g/mol. The molecule has 1 fully saturated rings. The molecule has 1 heterocycles. The summed E-state index contributed by atoms with van der Waals surface area (Å²) in [6.45, 7) is 5.69. The van der Waals surface area contributed by atoms with E-state index in [9.17, 15) is 32.3 Å². The first kappa shape index (κ1) is 29.9. The number of hydrogen-bond donors (Lipinski definition) is 1. The number of alkyl halides is 3. The predicted octanol–water partition coefficient (Wildman–Crippen LogP) is 2.69. The Kier molecular flexibility index (Phi) is 9.53. The Labute approximate surface area is 212 Å². The van der Waals surface area contributed by atoms with Gasteiger partial charge in [0, 0.05) is 25.6 Å². The minimum Gasteiger partial charge on any atom is -0.465 e. The number of rotatable bonds is 8. The Balaban J connectivity index is 2.37. The van der Waals surface area contributed by atoms with Crippen LogP contribution in [0.3, 0.4) is 0 Å². The summed E-state index contributed by atoms with van der Waals surface area (Å²) in [5.74, 6) is -3.59. The molecule has 3 atom stereocenters. The quantitative estimate of drug-likeness (QED) is 0.401. The Morgan fingerprint density at radius 2 is 1.73 bits per heavy atom. The second kappa shape index (κ2) is 11.8. The van der Waals surface area contributed by atoms with Crippen LogP contribution in [0.2, 0.25) is 0 Å². The van der Waals surface area contributed by atoms with Crippen molar-refractivity contribution < 1.29 is 51.3 Å². The minimum atomic E-state index is -5.25. The van der Waals surface area contributed by atoms with Crippen LogP contribution < -0.4 is 5.32 Å². The summed E-state index contributed by atoms with van der Waals surface area (Å²) < 4.78 is 62.6. The highest BCUT2D eigenvalue weighted by molar-refractivity contribution is 5.90. The first-order chi connectivity index (χ1) is 17.1. The van der Waals surface area contributed by atoms with Gasteiger partial charge >= 0.3 is 24.2 Å². The maximum atomic E-state index is 14.2. The van der Waals surface area contributed by atoms with E-state index in [0.29, 0.717) is 7.11 Å². The zero-order valence-electron chi connectivity index (χ0n) is 21.2. The molecule has 1 saturated heterocycles. The molecule has 10 nitrogen and oxygen atoms in total.